The van der Waals surface area contributed by atoms with Gasteiger partial charge in [-0.1, -0.05) is 24.3 Å². The maximum absolute atomic E-state index is 12.9. The first-order valence-electron chi connectivity index (χ1n) is 6.62. The molecule has 0 spiro atoms. The molecular formula is C16H16FNO3S. The molecule has 2 aromatic rings. The molecule has 0 unspecified atom stereocenters. The molecule has 0 N–H and O–H groups in total. The minimum Gasteiger partial charge on any atom is -0.295 e. The summed E-state index contributed by atoms with van der Waals surface area (Å²) in [6, 6.07) is 11.6. The second-order valence-corrected chi connectivity index (χ2v) is 7.02. The monoisotopic (exact) mass is 321 g/mol. The highest BCUT2D eigenvalue weighted by Crippen LogP contribution is 2.18. The van der Waals surface area contributed by atoms with E-state index in [0.29, 0.717) is 11.1 Å². The summed E-state index contributed by atoms with van der Waals surface area (Å²) in [7, 11) is -2.27. The molecule has 0 aliphatic heterocycles. The van der Waals surface area contributed by atoms with E-state index >= 15 is 0 Å². The fourth-order valence-corrected chi connectivity index (χ4v) is 3.19. The third-order valence-corrected chi connectivity index (χ3v) is 5.07. The van der Waals surface area contributed by atoms with Crippen molar-refractivity contribution in [1.82, 2.24) is 4.31 Å². The minimum absolute atomic E-state index is 0.0600. The Morgan fingerprint density at radius 1 is 1.14 bits per heavy atom. The largest absolute Gasteiger partial charge is 0.295 e. The molecule has 0 heterocycles. The van der Waals surface area contributed by atoms with Crippen LogP contribution in [0.4, 0.5) is 4.39 Å². The Morgan fingerprint density at radius 2 is 1.77 bits per heavy atom. The van der Waals surface area contributed by atoms with E-state index in [1.807, 2.05) is 0 Å². The van der Waals surface area contributed by atoms with Gasteiger partial charge in [0.1, 0.15) is 5.82 Å². The highest BCUT2D eigenvalue weighted by Gasteiger charge is 2.21. The van der Waals surface area contributed by atoms with Crippen molar-refractivity contribution in [2.45, 2.75) is 18.4 Å². The molecule has 2 rings (SSSR count). The number of halogens is 1. The zero-order valence-electron chi connectivity index (χ0n) is 12.3. The maximum atomic E-state index is 12.9. The van der Waals surface area contributed by atoms with Crippen molar-refractivity contribution in [2.75, 3.05) is 7.05 Å². The van der Waals surface area contributed by atoms with Crippen molar-refractivity contribution in [3.8, 4) is 0 Å². The SMILES string of the molecule is CC(=O)c1cccc(S(=O)(=O)N(C)Cc2ccc(F)cc2)c1. The van der Waals surface area contributed by atoms with Gasteiger partial charge in [0.2, 0.25) is 10.0 Å². The topological polar surface area (TPSA) is 54.5 Å². The molecule has 0 saturated heterocycles. The second kappa shape index (κ2) is 6.37. The predicted molar refractivity (Wildman–Crippen MR) is 81.5 cm³/mol. The molecule has 0 radical (unpaired) electrons. The van der Waals surface area contributed by atoms with Gasteiger partial charge in [0.15, 0.2) is 5.78 Å². The van der Waals surface area contributed by atoms with E-state index in [4.69, 9.17) is 0 Å². The number of rotatable bonds is 5. The molecule has 6 heteroatoms. The van der Waals surface area contributed by atoms with Crippen LogP contribution < -0.4 is 0 Å². The van der Waals surface area contributed by atoms with Gasteiger partial charge in [-0.25, -0.2) is 12.8 Å². The third-order valence-electron chi connectivity index (χ3n) is 3.27. The van der Waals surface area contributed by atoms with E-state index in [2.05, 4.69) is 0 Å². The summed E-state index contributed by atoms with van der Waals surface area (Å²) in [5, 5.41) is 0. The van der Waals surface area contributed by atoms with E-state index in [1.54, 1.807) is 6.07 Å². The molecule has 116 valence electrons. The summed E-state index contributed by atoms with van der Waals surface area (Å²) < 4.78 is 39.1. The Balaban J connectivity index is 2.27. The normalized spacial score (nSPS) is 11.6. The van der Waals surface area contributed by atoms with Crippen molar-refractivity contribution in [3.05, 3.63) is 65.5 Å². The van der Waals surface area contributed by atoms with E-state index in [0.717, 1.165) is 0 Å². The van der Waals surface area contributed by atoms with Crippen LogP contribution in [0.15, 0.2) is 53.4 Å². The lowest BCUT2D eigenvalue weighted by Gasteiger charge is -2.17. The van der Waals surface area contributed by atoms with Crippen LogP contribution in [-0.4, -0.2) is 25.6 Å². The molecule has 0 bridgehead atoms. The molecule has 0 fully saturated rings. The third kappa shape index (κ3) is 3.58. The summed E-state index contributed by atoms with van der Waals surface area (Å²) >= 11 is 0. The molecule has 0 saturated carbocycles. The Hall–Kier alpha value is -2.05. The zero-order chi connectivity index (χ0) is 16.3. The molecule has 4 nitrogen and oxygen atoms in total. The van der Waals surface area contributed by atoms with E-state index < -0.39 is 10.0 Å². The van der Waals surface area contributed by atoms with Gasteiger partial charge in [-0.05, 0) is 36.8 Å². The first kappa shape index (κ1) is 16.3. The lowest BCUT2D eigenvalue weighted by Crippen LogP contribution is -2.26. The number of hydrogen-bond donors (Lipinski definition) is 0. The van der Waals surface area contributed by atoms with Crippen LogP contribution in [0.1, 0.15) is 22.8 Å². The number of hydrogen-bond acceptors (Lipinski definition) is 3. The lowest BCUT2D eigenvalue weighted by molar-refractivity contribution is 0.101. The van der Waals surface area contributed by atoms with Crippen molar-refractivity contribution in [3.63, 3.8) is 0 Å². The summed E-state index contributed by atoms with van der Waals surface area (Å²) in [6.45, 7) is 1.50. The highest BCUT2D eigenvalue weighted by atomic mass is 32.2. The molecule has 0 atom stereocenters. The second-order valence-electron chi connectivity index (χ2n) is 4.97. The smallest absolute Gasteiger partial charge is 0.243 e. The van der Waals surface area contributed by atoms with Gasteiger partial charge >= 0.3 is 0 Å². The Bertz CT molecular complexity index is 785. The number of nitrogens with zero attached hydrogens (tertiary/aromatic N) is 1. The summed E-state index contributed by atoms with van der Waals surface area (Å²) in [6.07, 6.45) is 0. The van der Waals surface area contributed by atoms with Crippen LogP contribution in [0.2, 0.25) is 0 Å². The molecule has 22 heavy (non-hydrogen) atoms. The van der Waals surface area contributed by atoms with Gasteiger partial charge in [-0.15, -0.1) is 0 Å². The van der Waals surface area contributed by atoms with Gasteiger partial charge in [-0.3, -0.25) is 4.79 Å². The number of carbonyl (C=O) groups excluding carboxylic acids is 1. The number of benzene rings is 2. The number of ketones is 1. The molecule has 0 aliphatic rings. The number of sulfonamides is 1. The Kier molecular flexibility index (Phi) is 4.73. The first-order valence-corrected chi connectivity index (χ1v) is 8.06. The molecule has 2 aromatic carbocycles. The molecule has 0 aliphatic carbocycles. The van der Waals surface area contributed by atoms with Crippen LogP contribution in [0.5, 0.6) is 0 Å². The van der Waals surface area contributed by atoms with Gasteiger partial charge in [-0.2, -0.15) is 4.31 Å². The lowest BCUT2D eigenvalue weighted by atomic mass is 10.2. The van der Waals surface area contributed by atoms with Crippen molar-refractivity contribution in [2.24, 2.45) is 0 Å². The predicted octanol–water partition coefficient (Wildman–Crippen LogP) is 2.85. The maximum Gasteiger partial charge on any atom is 0.243 e. The van der Waals surface area contributed by atoms with Crippen LogP contribution in [0, 0.1) is 5.82 Å². The van der Waals surface area contributed by atoms with Crippen molar-refractivity contribution >= 4 is 15.8 Å². The fourth-order valence-electron chi connectivity index (χ4n) is 1.99. The summed E-state index contributed by atoms with van der Waals surface area (Å²) in [5.41, 5.74) is 1.02. The van der Waals surface area contributed by atoms with Crippen molar-refractivity contribution < 1.29 is 17.6 Å². The van der Waals surface area contributed by atoms with E-state index in [-0.39, 0.29) is 23.0 Å². The van der Waals surface area contributed by atoms with Gasteiger partial charge in [0.25, 0.3) is 0 Å². The Morgan fingerprint density at radius 3 is 2.36 bits per heavy atom. The van der Waals surface area contributed by atoms with E-state index in [9.17, 15) is 17.6 Å². The average Bonchev–Trinajstić information content (AvgIpc) is 2.49. The minimum atomic E-state index is -3.72. The first-order chi connectivity index (χ1) is 10.3. The average molecular weight is 321 g/mol. The highest BCUT2D eigenvalue weighted by molar-refractivity contribution is 7.89. The number of Topliss-reactive ketones (excluding diaryl/α,β-unsaturated/α-hetero) is 1. The van der Waals surface area contributed by atoms with Crippen molar-refractivity contribution in [1.29, 1.82) is 0 Å². The molecule has 0 aromatic heterocycles. The van der Waals surface area contributed by atoms with E-state index in [1.165, 1.54) is 60.7 Å². The summed E-state index contributed by atoms with van der Waals surface area (Å²) in [4.78, 5) is 11.4. The van der Waals surface area contributed by atoms with Crippen LogP contribution in [0.25, 0.3) is 0 Å². The Labute approximate surface area is 129 Å². The zero-order valence-corrected chi connectivity index (χ0v) is 13.1. The van der Waals surface area contributed by atoms with Gasteiger partial charge in [0.05, 0.1) is 4.90 Å². The number of carbonyl (C=O) groups is 1. The van der Waals surface area contributed by atoms with Gasteiger partial charge < -0.3 is 0 Å². The molecule has 0 amide bonds. The van der Waals surface area contributed by atoms with Gasteiger partial charge in [0, 0.05) is 19.2 Å². The van der Waals surface area contributed by atoms with Crippen LogP contribution in [-0.2, 0) is 16.6 Å². The van der Waals surface area contributed by atoms with Crippen LogP contribution in [0.3, 0.4) is 0 Å². The quantitative estimate of drug-likeness (QED) is 0.796. The molecular weight excluding hydrogens is 305 g/mol. The standard InChI is InChI=1S/C16H16FNO3S/c1-12(19)14-4-3-5-16(10-14)22(20,21)18(2)11-13-6-8-15(17)9-7-13/h3-10H,11H2,1-2H3. The summed E-state index contributed by atoms with van der Waals surface area (Å²) in [5.74, 6) is -0.568. The fraction of sp³-hybridized carbons (Fsp3) is 0.188. The van der Waals surface area contributed by atoms with Crippen LogP contribution >= 0.6 is 0 Å².